The van der Waals surface area contributed by atoms with Gasteiger partial charge in [0, 0.05) is 19.1 Å². The highest BCUT2D eigenvalue weighted by molar-refractivity contribution is 4.85. The standard InChI is InChI=1S/C17H34N2O/c1-5-18-12-15-6-7-16(20-15)13-19(4)14-8-10-17(2,3)11-9-14/h14-16,18H,5-13H2,1-4H3. The number of ether oxygens (including phenoxy) is 1. The zero-order valence-electron chi connectivity index (χ0n) is 14.0. The molecule has 2 atom stereocenters. The van der Waals surface area contributed by atoms with Crippen molar-refractivity contribution in [1.29, 1.82) is 0 Å². The molecule has 1 saturated heterocycles. The van der Waals surface area contributed by atoms with Crippen LogP contribution >= 0.6 is 0 Å². The van der Waals surface area contributed by atoms with Crippen molar-refractivity contribution in [3.05, 3.63) is 0 Å². The summed E-state index contributed by atoms with van der Waals surface area (Å²) in [5.41, 5.74) is 0.568. The molecule has 0 aromatic heterocycles. The average molecular weight is 282 g/mol. The van der Waals surface area contributed by atoms with Crippen LogP contribution in [0.25, 0.3) is 0 Å². The molecule has 2 aliphatic rings. The first-order valence-electron chi connectivity index (χ1n) is 8.56. The van der Waals surface area contributed by atoms with Gasteiger partial charge in [0.05, 0.1) is 12.2 Å². The topological polar surface area (TPSA) is 24.5 Å². The monoisotopic (exact) mass is 282 g/mol. The maximum atomic E-state index is 6.16. The molecule has 1 N–H and O–H groups in total. The van der Waals surface area contributed by atoms with Crippen LogP contribution in [-0.4, -0.2) is 49.8 Å². The molecule has 2 rings (SSSR count). The van der Waals surface area contributed by atoms with Crippen molar-refractivity contribution in [3.63, 3.8) is 0 Å². The van der Waals surface area contributed by atoms with Crippen molar-refractivity contribution < 1.29 is 4.74 Å². The van der Waals surface area contributed by atoms with E-state index in [-0.39, 0.29) is 0 Å². The predicted octanol–water partition coefficient (Wildman–Crippen LogP) is 3.04. The summed E-state index contributed by atoms with van der Waals surface area (Å²) >= 11 is 0. The third kappa shape index (κ3) is 4.71. The van der Waals surface area contributed by atoms with Gasteiger partial charge in [-0.1, -0.05) is 20.8 Å². The van der Waals surface area contributed by atoms with E-state index in [0.717, 1.165) is 25.7 Å². The Hall–Kier alpha value is -0.120. The summed E-state index contributed by atoms with van der Waals surface area (Å²) in [7, 11) is 2.30. The van der Waals surface area contributed by atoms with Crippen LogP contribution in [0.4, 0.5) is 0 Å². The summed E-state index contributed by atoms with van der Waals surface area (Å²) in [6.07, 6.45) is 8.82. The first-order valence-corrected chi connectivity index (χ1v) is 8.56. The third-order valence-electron chi connectivity index (χ3n) is 5.24. The van der Waals surface area contributed by atoms with Gasteiger partial charge in [0.15, 0.2) is 0 Å². The van der Waals surface area contributed by atoms with Gasteiger partial charge < -0.3 is 15.0 Å². The molecule has 3 nitrogen and oxygen atoms in total. The van der Waals surface area contributed by atoms with Crippen molar-refractivity contribution in [1.82, 2.24) is 10.2 Å². The lowest BCUT2D eigenvalue weighted by molar-refractivity contribution is 0.0130. The molecule has 2 unspecified atom stereocenters. The predicted molar refractivity (Wildman–Crippen MR) is 85.1 cm³/mol. The Labute approximate surface area is 125 Å². The number of likely N-dealkylation sites (N-methyl/N-ethyl adjacent to an activating group) is 2. The lowest BCUT2D eigenvalue weighted by Crippen LogP contribution is -2.41. The highest BCUT2D eigenvalue weighted by atomic mass is 16.5. The van der Waals surface area contributed by atoms with Crippen molar-refractivity contribution in [3.8, 4) is 0 Å². The third-order valence-corrected chi connectivity index (χ3v) is 5.24. The Bertz CT molecular complexity index is 283. The van der Waals surface area contributed by atoms with E-state index < -0.39 is 0 Å². The van der Waals surface area contributed by atoms with Gasteiger partial charge in [0.2, 0.25) is 0 Å². The second-order valence-electron chi connectivity index (χ2n) is 7.60. The van der Waals surface area contributed by atoms with Crippen LogP contribution in [0.1, 0.15) is 59.3 Å². The van der Waals surface area contributed by atoms with Gasteiger partial charge in [-0.15, -0.1) is 0 Å². The largest absolute Gasteiger partial charge is 0.372 e. The number of hydrogen-bond donors (Lipinski definition) is 1. The summed E-state index contributed by atoms with van der Waals surface area (Å²) in [6, 6.07) is 0.777. The van der Waals surface area contributed by atoms with Crippen molar-refractivity contribution >= 4 is 0 Å². The van der Waals surface area contributed by atoms with E-state index in [4.69, 9.17) is 4.74 Å². The van der Waals surface area contributed by atoms with Crippen LogP contribution < -0.4 is 5.32 Å². The zero-order chi connectivity index (χ0) is 14.6. The minimum Gasteiger partial charge on any atom is -0.372 e. The highest BCUT2D eigenvalue weighted by Crippen LogP contribution is 2.36. The molecule has 118 valence electrons. The lowest BCUT2D eigenvalue weighted by atomic mass is 9.75. The van der Waals surface area contributed by atoms with E-state index in [0.29, 0.717) is 17.6 Å². The number of nitrogens with zero attached hydrogens (tertiary/aromatic N) is 1. The van der Waals surface area contributed by atoms with Crippen LogP contribution in [0.2, 0.25) is 0 Å². The van der Waals surface area contributed by atoms with Gasteiger partial charge in [-0.2, -0.15) is 0 Å². The first-order chi connectivity index (χ1) is 9.50. The van der Waals surface area contributed by atoms with E-state index in [1.807, 2.05) is 0 Å². The molecule has 1 aliphatic carbocycles. The maximum Gasteiger partial charge on any atom is 0.0707 e. The van der Waals surface area contributed by atoms with E-state index in [1.165, 1.54) is 38.5 Å². The fourth-order valence-electron chi connectivity index (χ4n) is 3.66. The molecule has 1 heterocycles. The van der Waals surface area contributed by atoms with E-state index in [2.05, 4.69) is 38.0 Å². The summed E-state index contributed by atoms with van der Waals surface area (Å²) in [6.45, 7) is 10.2. The van der Waals surface area contributed by atoms with Crippen molar-refractivity contribution in [2.24, 2.45) is 5.41 Å². The van der Waals surface area contributed by atoms with Crippen LogP contribution in [0.3, 0.4) is 0 Å². The molecule has 0 spiro atoms. The normalized spacial score (nSPS) is 31.1. The minimum absolute atomic E-state index is 0.443. The zero-order valence-corrected chi connectivity index (χ0v) is 14.0. The van der Waals surface area contributed by atoms with Crippen LogP contribution in [-0.2, 0) is 4.74 Å². The van der Waals surface area contributed by atoms with Crippen LogP contribution in [0.5, 0.6) is 0 Å². The van der Waals surface area contributed by atoms with E-state index in [9.17, 15) is 0 Å². The fourth-order valence-corrected chi connectivity index (χ4v) is 3.66. The fraction of sp³-hybridized carbons (Fsp3) is 1.00. The van der Waals surface area contributed by atoms with E-state index in [1.54, 1.807) is 0 Å². The van der Waals surface area contributed by atoms with Crippen molar-refractivity contribution in [2.75, 3.05) is 26.7 Å². The molecule has 1 saturated carbocycles. The summed E-state index contributed by atoms with van der Waals surface area (Å²) in [4.78, 5) is 2.57. The average Bonchev–Trinajstić information content (AvgIpc) is 2.83. The smallest absolute Gasteiger partial charge is 0.0707 e. The van der Waals surface area contributed by atoms with Gasteiger partial charge in [-0.05, 0) is 57.5 Å². The Balaban J connectivity index is 1.69. The van der Waals surface area contributed by atoms with Gasteiger partial charge in [-0.25, -0.2) is 0 Å². The van der Waals surface area contributed by atoms with Crippen LogP contribution in [0, 0.1) is 5.41 Å². The number of rotatable bonds is 6. The molecular formula is C17H34N2O. The summed E-state index contributed by atoms with van der Waals surface area (Å²) in [5, 5.41) is 3.40. The molecule has 0 bridgehead atoms. The number of hydrogen-bond acceptors (Lipinski definition) is 3. The molecule has 2 fully saturated rings. The Morgan fingerprint density at radius 3 is 2.40 bits per heavy atom. The van der Waals surface area contributed by atoms with Gasteiger partial charge in [0.1, 0.15) is 0 Å². The highest BCUT2D eigenvalue weighted by Gasteiger charge is 2.31. The second kappa shape index (κ2) is 7.24. The molecule has 0 aromatic carbocycles. The number of nitrogens with one attached hydrogen (secondary N) is 1. The maximum absolute atomic E-state index is 6.16. The summed E-state index contributed by atoms with van der Waals surface area (Å²) in [5.74, 6) is 0. The SMILES string of the molecule is CCNCC1CCC(CN(C)C2CCC(C)(C)CC2)O1. The molecular weight excluding hydrogens is 248 g/mol. The molecule has 0 aromatic rings. The molecule has 3 heteroatoms. The van der Waals surface area contributed by atoms with Gasteiger partial charge in [-0.3, -0.25) is 0 Å². The van der Waals surface area contributed by atoms with Crippen molar-refractivity contribution in [2.45, 2.75) is 77.5 Å². The molecule has 1 aliphatic heterocycles. The second-order valence-corrected chi connectivity index (χ2v) is 7.60. The minimum atomic E-state index is 0.443. The molecule has 20 heavy (non-hydrogen) atoms. The Morgan fingerprint density at radius 2 is 1.75 bits per heavy atom. The Morgan fingerprint density at radius 1 is 1.10 bits per heavy atom. The Kier molecular flexibility index (Phi) is 5.88. The molecule has 0 amide bonds. The van der Waals surface area contributed by atoms with Crippen LogP contribution in [0.15, 0.2) is 0 Å². The first kappa shape index (κ1) is 16.3. The summed E-state index contributed by atoms with van der Waals surface area (Å²) < 4.78 is 6.16. The van der Waals surface area contributed by atoms with E-state index >= 15 is 0 Å². The van der Waals surface area contributed by atoms with Gasteiger partial charge >= 0.3 is 0 Å². The van der Waals surface area contributed by atoms with Gasteiger partial charge in [0.25, 0.3) is 0 Å². The lowest BCUT2D eigenvalue weighted by Gasteiger charge is -2.39. The molecule has 0 radical (unpaired) electrons. The quantitative estimate of drug-likeness (QED) is 0.810.